The maximum absolute atomic E-state index is 12.9. The molecule has 6 heteroatoms. The Balaban J connectivity index is 1.28. The van der Waals surface area contributed by atoms with E-state index in [1.165, 1.54) is 0 Å². The fourth-order valence-electron chi connectivity index (χ4n) is 8.17. The fourth-order valence-corrected chi connectivity index (χ4v) is 11.8. The molecule has 7 aliphatic rings. The van der Waals surface area contributed by atoms with Gasteiger partial charge in [0, 0.05) is 5.92 Å². The van der Waals surface area contributed by atoms with E-state index in [2.05, 4.69) is 15.9 Å². The molecule has 1 aromatic rings. The van der Waals surface area contributed by atoms with E-state index >= 15 is 0 Å². The van der Waals surface area contributed by atoms with Gasteiger partial charge in [-0.3, -0.25) is 0 Å². The van der Waals surface area contributed by atoms with Gasteiger partial charge in [-0.1, -0.05) is 34.1 Å². The molecule has 24 heavy (non-hydrogen) atoms. The molecule has 2 bridgehead atoms. The number of benzene rings is 1. The van der Waals surface area contributed by atoms with Crippen molar-refractivity contribution in [1.82, 2.24) is 0 Å². The summed E-state index contributed by atoms with van der Waals surface area (Å²) in [6.07, 6.45) is 0. The van der Waals surface area contributed by atoms with E-state index in [1.54, 1.807) is 24.3 Å². The summed E-state index contributed by atoms with van der Waals surface area (Å²) < 4.78 is 38.2. The first kappa shape index (κ1) is 13.7. The Morgan fingerprint density at radius 1 is 0.958 bits per heavy atom. The predicted molar refractivity (Wildman–Crippen MR) is 88.2 cm³/mol. The topological polar surface area (TPSA) is 52.6 Å². The van der Waals surface area contributed by atoms with Crippen LogP contribution in [0.4, 0.5) is 0 Å². The molecule has 0 N–H and O–H groups in total. The van der Waals surface area contributed by atoms with Gasteiger partial charge in [0.25, 0.3) is 0 Å². The maximum Gasteiger partial charge on any atom is 0.187 e. The highest BCUT2D eigenvalue weighted by Gasteiger charge is 3.08. The molecule has 1 spiro atoms. The molecule has 1 aromatic carbocycles. The van der Waals surface area contributed by atoms with E-state index in [-0.39, 0.29) is 9.74 Å². The summed E-state index contributed by atoms with van der Waals surface area (Å²) in [6, 6.07) is 8.92. The van der Waals surface area contributed by atoms with Crippen molar-refractivity contribution >= 4 is 25.8 Å². The summed E-state index contributed by atoms with van der Waals surface area (Å²) in [6.45, 7) is 1.34. The third kappa shape index (κ3) is 0.959. The van der Waals surface area contributed by atoms with Crippen LogP contribution in [0.15, 0.2) is 35.2 Å². The normalized spacial score (nSPS) is 56.2. The SMILES string of the molecule is O=S(=O)(CC12C3[C@H]4[C@H]1C1[C@H]2[C@H]3C4(Br)C12OCCO2)c1ccccc1. The van der Waals surface area contributed by atoms with E-state index in [1.807, 2.05) is 6.07 Å². The van der Waals surface area contributed by atoms with Gasteiger partial charge in [-0.05, 0) is 47.1 Å². The molecule has 0 radical (unpaired) electrons. The van der Waals surface area contributed by atoms with Crippen LogP contribution in [0.1, 0.15) is 0 Å². The standard InChI is InChI=1S/C18H17BrO4S/c19-17-13-10-14(17)12-15(18(17)22-6-7-23-18)11(13)16(10,12)8-24(20,21)9-4-2-1-3-5-9/h1-5,10-15H,6-8H2/t10?,11-,12+,13-,14-,15?,16?,17?/m0/s1. The Labute approximate surface area is 148 Å². The maximum atomic E-state index is 12.9. The molecule has 8 atom stereocenters. The Morgan fingerprint density at radius 3 is 2.17 bits per heavy atom. The number of halogens is 1. The Hall–Kier alpha value is -0.430. The average Bonchev–Trinajstić information content (AvgIpc) is 3.12. The average molecular weight is 409 g/mol. The van der Waals surface area contributed by atoms with Gasteiger partial charge in [-0.2, -0.15) is 0 Å². The summed E-state index contributed by atoms with van der Waals surface area (Å²) >= 11 is 4.02. The minimum absolute atomic E-state index is 0.0186. The molecule has 0 aromatic heterocycles. The first-order valence-corrected chi connectivity index (χ1v) is 11.2. The van der Waals surface area contributed by atoms with Gasteiger partial charge in [-0.15, -0.1) is 0 Å². The second-order valence-corrected chi connectivity index (χ2v) is 11.8. The van der Waals surface area contributed by atoms with Crippen molar-refractivity contribution in [3.05, 3.63) is 30.3 Å². The van der Waals surface area contributed by atoms with Crippen LogP contribution in [0.3, 0.4) is 0 Å². The number of rotatable bonds is 3. The van der Waals surface area contributed by atoms with E-state index in [4.69, 9.17) is 9.47 Å². The van der Waals surface area contributed by atoms with Crippen molar-refractivity contribution in [3.8, 4) is 0 Å². The second kappa shape index (κ2) is 3.53. The van der Waals surface area contributed by atoms with Crippen molar-refractivity contribution in [1.29, 1.82) is 0 Å². The molecule has 6 aliphatic carbocycles. The number of ether oxygens (including phenoxy) is 2. The molecule has 4 nitrogen and oxygen atoms in total. The van der Waals surface area contributed by atoms with Crippen LogP contribution in [-0.4, -0.2) is 37.5 Å². The van der Waals surface area contributed by atoms with Crippen LogP contribution in [-0.2, 0) is 19.3 Å². The van der Waals surface area contributed by atoms with Gasteiger partial charge >= 0.3 is 0 Å². The third-order valence-corrected chi connectivity index (χ3v) is 11.9. The number of hydrogen-bond donors (Lipinski definition) is 0. The van der Waals surface area contributed by atoms with Crippen LogP contribution in [0.5, 0.6) is 0 Å². The Bertz CT molecular complexity index is 871. The van der Waals surface area contributed by atoms with Crippen molar-refractivity contribution in [2.75, 3.05) is 19.0 Å². The smallest absolute Gasteiger partial charge is 0.187 e. The lowest BCUT2D eigenvalue weighted by molar-refractivity contribution is -0.429. The predicted octanol–water partition coefficient (Wildman–Crippen LogP) is 2.09. The summed E-state index contributed by atoms with van der Waals surface area (Å²) in [5.74, 6) is 2.88. The fraction of sp³-hybridized carbons (Fsp3) is 0.667. The van der Waals surface area contributed by atoms with Gasteiger partial charge < -0.3 is 9.47 Å². The highest BCUT2D eigenvalue weighted by atomic mass is 79.9. The Morgan fingerprint density at radius 2 is 1.54 bits per heavy atom. The molecular formula is C18H17BrO4S. The third-order valence-electron chi connectivity index (χ3n) is 8.38. The molecule has 0 amide bonds. The van der Waals surface area contributed by atoms with Crippen molar-refractivity contribution in [3.63, 3.8) is 0 Å². The molecule has 1 heterocycles. The molecular weight excluding hydrogens is 392 g/mol. The van der Waals surface area contributed by atoms with Gasteiger partial charge in [0.15, 0.2) is 15.6 Å². The number of hydrogen-bond acceptors (Lipinski definition) is 4. The van der Waals surface area contributed by atoms with Crippen LogP contribution in [0.25, 0.3) is 0 Å². The summed E-state index contributed by atoms with van der Waals surface area (Å²) in [5.41, 5.74) is 0.0186. The lowest BCUT2D eigenvalue weighted by Gasteiger charge is -2.91. The summed E-state index contributed by atoms with van der Waals surface area (Å²) in [7, 11) is -3.22. The van der Waals surface area contributed by atoms with E-state index in [9.17, 15) is 8.42 Å². The lowest BCUT2D eigenvalue weighted by Crippen LogP contribution is -2.93. The van der Waals surface area contributed by atoms with Crippen LogP contribution >= 0.6 is 15.9 Å². The van der Waals surface area contributed by atoms with Crippen molar-refractivity contribution < 1.29 is 17.9 Å². The number of sulfone groups is 1. The van der Waals surface area contributed by atoms with Gasteiger partial charge in [0.05, 0.1) is 28.2 Å². The molecule has 6 saturated carbocycles. The molecule has 126 valence electrons. The minimum atomic E-state index is -3.22. The van der Waals surface area contributed by atoms with E-state index in [0.29, 0.717) is 59.4 Å². The second-order valence-electron chi connectivity index (χ2n) is 8.47. The zero-order valence-corrected chi connectivity index (χ0v) is 15.3. The highest BCUT2D eigenvalue weighted by molar-refractivity contribution is 9.10. The Kier molecular flexibility index (Phi) is 2.02. The van der Waals surface area contributed by atoms with E-state index in [0.717, 1.165) is 0 Å². The zero-order chi connectivity index (χ0) is 16.1. The quantitative estimate of drug-likeness (QED) is 0.718. The van der Waals surface area contributed by atoms with Gasteiger partial charge in [-0.25, -0.2) is 8.42 Å². The van der Waals surface area contributed by atoms with E-state index < -0.39 is 15.6 Å². The first-order valence-electron chi connectivity index (χ1n) is 8.75. The van der Waals surface area contributed by atoms with Gasteiger partial charge in [0.1, 0.15) is 0 Å². The van der Waals surface area contributed by atoms with Crippen molar-refractivity contribution in [2.24, 2.45) is 40.9 Å². The van der Waals surface area contributed by atoms with Gasteiger partial charge in [0.2, 0.25) is 0 Å². The summed E-state index contributed by atoms with van der Waals surface area (Å²) in [5, 5.41) is 0. The minimum Gasteiger partial charge on any atom is -0.346 e. The molecule has 7 fully saturated rings. The van der Waals surface area contributed by atoms with Crippen LogP contribution < -0.4 is 0 Å². The van der Waals surface area contributed by atoms with Crippen molar-refractivity contribution in [2.45, 2.75) is 15.0 Å². The summed E-state index contributed by atoms with van der Waals surface area (Å²) in [4.78, 5) is 0.467. The monoisotopic (exact) mass is 408 g/mol. The molecule has 1 aliphatic heterocycles. The first-order chi connectivity index (χ1) is 11.5. The molecule has 8 rings (SSSR count). The van der Waals surface area contributed by atoms with Crippen LogP contribution in [0.2, 0.25) is 0 Å². The highest BCUT2D eigenvalue weighted by Crippen LogP contribution is 3.04. The lowest BCUT2D eigenvalue weighted by atomic mass is 9.13. The zero-order valence-electron chi connectivity index (χ0n) is 12.9. The van der Waals surface area contributed by atoms with Crippen LogP contribution in [0, 0.1) is 40.9 Å². The molecule has 1 saturated heterocycles. The largest absolute Gasteiger partial charge is 0.346 e. The molecule has 4 unspecified atom stereocenters. The number of alkyl halides is 1.